The van der Waals surface area contributed by atoms with Crippen molar-refractivity contribution in [2.75, 3.05) is 7.11 Å². The number of hydrogen-bond donors (Lipinski definition) is 0. The molecule has 0 saturated carbocycles. The molecule has 0 amide bonds. The van der Waals surface area contributed by atoms with Gasteiger partial charge in [-0.3, -0.25) is 4.57 Å². The number of benzene rings is 2. The summed E-state index contributed by atoms with van der Waals surface area (Å²) >= 11 is 3.29. The van der Waals surface area contributed by atoms with Gasteiger partial charge in [-0.1, -0.05) is 60.3 Å². The summed E-state index contributed by atoms with van der Waals surface area (Å²) in [5, 5.41) is 12.8. The molecule has 5 nitrogen and oxygen atoms in total. The molecule has 4 aromatic rings. The monoisotopic (exact) mass is 420 g/mol. The Morgan fingerprint density at radius 3 is 2.72 bits per heavy atom. The third-order valence-corrected chi connectivity index (χ3v) is 6.22. The smallest absolute Gasteiger partial charge is 0.192 e. The topological polar surface area (TPSA) is 52.8 Å². The van der Waals surface area contributed by atoms with Gasteiger partial charge in [-0.25, -0.2) is 4.98 Å². The molecule has 0 saturated heterocycles. The largest absolute Gasteiger partial charge is 0.497 e. The van der Waals surface area contributed by atoms with Crippen LogP contribution in [0.3, 0.4) is 0 Å². The molecule has 0 N–H and O–H groups in total. The van der Waals surface area contributed by atoms with Gasteiger partial charge < -0.3 is 4.74 Å². The van der Waals surface area contributed by atoms with E-state index in [1.807, 2.05) is 48.5 Å². The minimum atomic E-state index is 0.633. The molecule has 0 spiro atoms. The Kier molecular flexibility index (Phi) is 6.07. The second-order valence-electron chi connectivity index (χ2n) is 6.24. The number of methoxy groups -OCH3 is 1. The Labute approximate surface area is 178 Å². The quantitative estimate of drug-likeness (QED) is 0.276. The average Bonchev–Trinajstić information content (AvgIpc) is 3.40. The van der Waals surface area contributed by atoms with E-state index in [2.05, 4.69) is 38.9 Å². The van der Waals surface area contributed by atoms with Gasteiger partial charge in [-0.15, -0.1) is 28.1 Å². The Morgan fingerprint density at radius 1 is 1.10 bits per heavy atom. The van der Waals surface area contributed by atoms with Crippen LogP contribution < -0.4 is 4.74 Å². The molecule has 2 aromatic heterocycles. The average molecular weight is 421 g/mol. The highest BCUT2D eigenvalue weighted by Crippen LogP contribution is 2.30. The fraction of sp³-hybridized carbons (Fsp3) is 0.136. The van der Waals surface area contributed by atoms with E-state index in [1.165, 1.54) is 0 Å². The third kappa shape index (κ3) is 4.41. The molecule has 0 aliphatic carbocycles. The molecule has 0 aliphatic rings. The third-order valence-electron chi connectivity index (χ3n) is 4.28. The first-order valence-electron chi connectivity index (χ1n) is 9.09. The Hall–Kier alpha value is -2.90. The summed E-state index contributed by atoms with van der Waals surface area (Å²) in [7, 11) is 1.66. The van der Waals surface area contributed by atoms with Crippen LogP contribution >= 0.6 is 23.1 Å². The molecule has 7 heteroatoms. The lowest BCUT2D eigenvalue weighted by Crippen LogP contribution is -2.01. The number of hydrogen-bond acceptors (Lipinski definition) is 6. The minimum Gasteiger partial charge on any atom is -0.497 e. The Bertz CT molecular complexity index is 1100. The highest BCUT2D eigenvalue weighted by molar-refractivity contribution is 7.98. The summed E-state index contributed by atoms with van der Waals surface area (Å²) in [6.07, 6.45) is 1.85. The van der Waals surface area contributed by atoms with Crippen LogP contribution in [0, 0.1) is 0 Å². The number of nitrogens with zero attached hydrogens (tertiary/aromatic N) is 4. The predicted octanol–water partition coefficient (Wildman–Crippen LogP) is 5.56. The molecule has 0 fully saturated rings. The van der Waals surface area contributed by atoms with E-state index in [0.29, 0.717) is 6.54 Å². The highest BCUT2D eigenvalue weighted by Gasteiger charge is 2.15. The number of aromatic nitrogens is 4. The minimum absolute atomic E-state index is 0.633. The van der Waals surface area contributed by atoms with Crippen LogP contribution in [-0.2, 0) is 12.3 Å². The molecule has 2 aromatic carbocycles. The normalized spacial score (nSPS) is 10.8. The van der Waals surface area contributed by atoms with Gasteiger partial charge in [-0.2, -0.15) is 0 Å². The maximum atomic E-state index is 5.34. The Morgan fingerprint density at radius 2 is 1.93 bits per heavy atom. The SMILES string of the molecule is C=CCn1c(SCc2csc(-c3ccccc3)n2)nnc1-c1cccc(OC)c1. The van der Waals surface area contributed by atoms with Crippen LogP contribution in [0.25, 0.3) is 22.0 Å². The first-order valence-corrected chi connectivity index (χ1v) is 11.0. The molecule has 0 radical (unpaired) electrons. The van der Waals surface area contributed by atoms with Crippen LogP contribution in [0.15, 0.2) is 77.8 Å². The van der Waals surface area contributed by atoms with Gasteiger partial charge in [0, 0.05) is 28.8 Å². The van der Waals surface area contributed by atoms with Crippen LogP contribution in [0.4, 0.5) is 0 Å². The fourth-order valence-corrected chi connectivity index (χ4v) is 4.66. The summed E-state index contributed by atoms with van der Waals surface area (Å²) in [6, 6.07) is 18.1. The zero-order valence-electron chi connectivity index (χ0n) is 16.0. The van der Waals surface area contributed by atoms with Crippen molar-refractivity contribution in [2.45, 2.75) is 17.5 Å². The number of rotatable bonds is 8. The summed E-state index contributed by atoms with van der Waals surface area (Å²) in [6.45, 7) is 4.51. The van der Waals surface area contributed by atoms with Crippen LogP contribution in [0.2, 0.25) is 0 Å². The maximum absolute atomic E-state index is 5.34. The Balaban J connectivity index is 1.54. The molecule has 0 unspecified atom stereocenters. The van der Waals surface area contributed by atoms with E-state index in [1.54, 1.807) is 30.2 Å². The van der Waals surface area contributed by atoms with Crippen molar-refractivity contribution in [3.8, 4) is 27.7 Å². The standard InChI is InChI=1S/C22H20N4OS2/c1-3-12-26-20(17-10-7-11-19(13-17)27-2)24-25-22(26)29-15-18-14-28-21(23-18)16-8-5-4-6-9-16/h3-11,13-14H,1,12,15H2,2H3. The fourth-order valence-electron chi connectivity index (χ4n) is 2.89. The highest BCUT2D eigenvalue weighted by atomic mass is 32.2. The van der Waals surface area contributed by atoms with Gasteiger partial charge in [0.15, 0.2) is 11.0 Å². The van der Waals surface area contributed by atoms with Gasteiger partial charge in [0.2, 0.25) is 0 Å². The number of ether oxygens (including phenoxy) is 1. The lowest BCUT2D eigenvalue weighted by molar-refractivity contribution is 0.415. The molecule has 2 heterocycles. The lowest BCUT2D eigenvalue weighted by Gasteiger charge is -2.08. The zero-order valence-corrected chi connectivity index (χ0v) is 17.6. The molecule has 146 valence electrons. The number of allylic oxidation sites excluding steroid dienone is 1. The van der Waals surface area contributed by atoms with Gasteiger partial charge in [-0.05, 0) is 12.1 Å². The van der Waals surface area contributed by atoms with Gasteiger partial charge in [0.05, 0.1) is 12.8 Å². The van der Waals surface area contributed by atoms with Gasteiger partial charge in [0.1, 0.15) is 10.8 Å². The summed E-state index contributed by atoms with van der Waals surface area (Å²) < 4.78 is 7.40. The second-order valence-corrected chi connectivity index (χ2v) is 8.04. The molecule has 0 aliphatic heterocycles. The molecule has 0 atom stereocenters. The van der Waals surface area contributed by atoms with E-state index in [9.17, 15) is 0 Å². The maximum Gasteiger partial charge on any atom is 0.192 e. The summed E-state index contributed by atoms with van der Waals surface area (Å²) in [5.41, 5.74) is 3.14. The van der Waals surface area contributed by atoms with E-state index >= 15 is 0 Å². The molecular weight excluding hydrogens is 400 g/mol. The van der Waals surface area contributed by atoms with Crippen molar-refractivity contribution in [1.29, 1.82) is 0 Å². The molecular formula is C22H20N4OS2. The number of thioether (sulfide) groups is 1. The lowest BCUT2D eigenvalue weighted by atomic mass is 10.2. The first-order chi connectivity index (χ1) is 14.3. The van der Waals surface area contributed by atoms with Gasteiger partial charge >= 0.3 is 0 Å². The van der Waals surface area contributed by atoms with Crippen molar-refractivity contribution in [3.63, 3.8) is 0 Å². The zero-order chi connectivity index (χ0) is 20.1. The summed E-state index contributed by atoms with van der Waals surface area (Å²) in [4.78, 5) is 4.76. The van der Waals surface area contributed by atoms with Crippen molar-refractivity contribution in [2.24, 2.45) is 0 Å². The van der Waals surface area contributed by atoms with E-state index < -0.39 is 0 Å². The summed E-state index contributed by atoms with van der Waals surface area (Å²) in [5.74, 6) is 2.33. The van der Waals surface area contributed by atoms with Crippen LogP contribution in [-0.4, -0.2) is 26.9 Å². The molecule has 0 bridgehead atoms. The van der Waals surface area contributed by atoms with Crippen molar-refractivity contribution >= 4 is 23.1 Å². The van der Waals surface area contributed by atoms with Gasteiger partial charge in [0.25, 0.3) is 0 Å². The van der Waals surface area contributed by atoms with Crippen LogP contribution in [0.1, 0.15) is 5.69 Å². The molecule has 4 rings (SSSR count). The second kappa shape index (κ2) is 9.07. The van der Waals surface area contributed by atoms with E-state index in [0.717, 1.165) is 44.3 Å². The van der Waals surface area contributed by atoms with E-state index in [4.69, 9.17) is 9.72 Å². The number of thiazole rings is 1. The first kappa shape index (κ1) is 19.4. The predicted molar refractivity (Wildman–Crippen MR) is 119 cm³/mol. The van der Waals surface area contributed by atoms with Crippen LogP contribution in [0.5, 0.6) is 5.75 Å². The van der Waals surface area contributed by atoms with Crippen molar-refractivity contribution in [1.82, 2.24) is 19.7 Å². The molecule has 29 heavy (non-hydrogen) atoms. The van der Waals surface area contributed by atoms with Crippen molar-refractivity contribution < 1.29 is 4.74 Å². The van der Waals surface area contributed by atoms with Crippen molar-refractivity contribution in [3.05, 3.63) is 78.3 Å². The van der Waals surface area contributed by atoms with E-state index in [-0.39, 0.29) is 0 Å².